The quantitative estimate of drug-likeness (QED) is 0.554. The van der Waals surface area contributed by atoms with E-state index in [0.29, 0.717) is 17.8 Å². The zero-order valence-corrected chi connectivity index (χ0v) is 20.0. The van der Waals surface area contributed by atoms with Crippen molar-refractivity contribution in [2.75, 3.05) is 60.4 Å². The third-order valence-corrected chi connectivity index (χ3v) is 7.10. The van der Waals surface area contributed by atoms with Crippen LogP contribution < -0.4 is 25.2 Å². The van der Waals surface area contributed by atoms with Crippen LogP contribution in [0.2, 0.25) is 0 Å². The highest BCUT2D eigenvalue weighted by atomic mass is 16.5. The average molecular weight is 472 g/mol. The fraction of sp³-hybridized carbons (Fsp3) is 0.333. The highest BCUT2D eigenvalue weighted by Gasteiger charge is 2.49. The molecule has 0 unspecified atom stereocenters. The summed E-state index contributed by atoms with van der Waals surface area (Å²) in [6, 6.07) is 16.2. The van der Waals surface area contributed by atoms with Gasteiger partial charge in [0.2, 0.25) is 5.91 Å². The zero-order valence-electron chi connectivity index (χ0n) is 20.0. The number of nitrogens with zero attached hydrogens (tertiary/aromatic N) is 3. The van der Waals surface area contributed by atoms with Gasteiger partial charge >= 0.3 is 0 Å². The average Bonchev–Trinajstić information content (AvgIpc) is 3.24. The number of fused-ring (bicyclic) bond motifs is 1. The Balaban J connectivity index is 1.20. The summed E-state index contributed by atoms with van der Waals surface area (Å²) in [5.41, 5.74) is 6.31. The maximum atomic E-state index is 12.1. The van der Waals surface area contributed by atoms with Gasteiger partial charge in [0.05, 0.1) is 42.8 Å². The van der Waals surface area contributed by atoms with Gasteiger partial charge in [-0.1, -0.05) is 12.1 Å². The fourth-order valence-electron chi connectivity index (χ4n) is 5.24. The zero-order chi connectivity index (χ0) is 24.0. The Labute approximate surface area is 204 Å². The SMILES string of the molecule is COc1cc(N2CC3(COC3)C2)ccc1Nc1cc(Nc2cccc3c2N(C(C)=O)CC3)ccn1. The lowest BCUT2D eigenvalue weighted by atomic mass is 9.78. The number of ether oxygens (including phenoxy) is 2. The number of benzene rings is 2. The summed E-state index contributed by atoms with van der Waals surface area (Å²) in [6.07, 6.45) is 2.63. The molecule has 8 nitrogen and oxygen atoms in total. The van der Waals surface area contributed by atoms with E-state index in [-0.39, 0.29) is 5.91 Å². The molecule has 2 fully saturated rings. The van der Waals surface area contributed by atoms with Crippen LogP contribution in [0.15, 0.2) is 54.7 Å². The molecule has 1 aromatic heterocycles. The number of amides is 1. The van der Waals surface area contributed by atoms with E-state index < -0.39 is 0 Å². The van der Waals surface area contributed by atoms with Crippen LogP contribution in [0.3, 0.4) is 0 Å². The molecule has 0 atom stereocenters. The Morgan fingerprint density at radius 1 is 1.09 bits per heavy atom. The molecule has 2 saturated heterocycles. The van der Waals surface area contributed by atoms with Crippen LogP contribution in [-0.2, 0) is 16.0 Å². The van der Waals surface area contributed by atoms with Crippen LogP contribution in [-0.4, -0.2) is 50.8 Å². The van der Waals surface area contributed by atoms with Crippen LogP contribution in [0.25, 0.3) is 0 Å². The van der Waals surface area contributed by atoms with Gasteiger partial charge in [-0.15, -0.1) is 0 Å². The number of para-hydroxylation sites is 1. The molecule has 3 aromatic rings. The van der Waals surface area contributed by atoms with Crippen molar-refractivity contribution < 1.29 is 14.3 Å². The predicted octanol–water partition coefficient (Wildman–Crippen LogP) is 4.32. The molecule has 0 aliphatic carbocycles. The number of rotatable bonds is 6. The molecule has 2 N–H and O–H groups in total. The Morgan fingerprint density at radius 3 is 2.69 bits per heavy atom. The van der Waals surface area contributed by atoms with Crippen molar-refractivity contribution in [1.82, 2.24) is 4.98 Å². The Kier molecular flexibility index (Phi) is 5.25. The molecule has 1 spiro atoms. The Bertz CT molecular complexity index is 1280. The lowest BCUT2D eigenvalue weighted by Gasteiger charge is -2.56. The van der Waals surface area contributed by atoms with Gasteiger partial charge in [0.25, 0.3) is 0 Å². The van der Waals surface area contributed by atoms with E-state index in [1.165, 1.54) is 5.56 Å². The highest BCUT2D eigenvalue weighted by Crippen LogP contribution is 2.42. The van der Waals surface area contributed by atoms with Crippen molar-refractivity contribution in [3.8, 4) is 5.75 Å². The number of methoxy groups -OCH3 is 1. The topological polar surface area (TPSA) is 79.0 Å². The van der Waals surface area contributed by atoms with E-state index >= 15 is 0 Å². The fourth-order valence-corrected chi connectivity index (χ4v) is 5.24. The first-order valence-corrected chi connectivity index (χ1v) is 11.9. The van der Waals surface area contributed by atoms with E-state index in [1.54, 1.807) is 20.2 Å². The van der Waals surface area contributed by atoms with Crippen molar-refractivity contribution >= 4 is 40.2 Å². The second-order valence-electron chi connectivity index (χ2n) is 9.65. The van der Waals surface area contributed by atoms with E-state index in [0.717, 1.165) is 66.9 Å². The first kappa shape index (κ1) is 21.7. The summed E-state index contributed by atoms with van der Waals surface area (Å²) in [5.74, 6) is 1.53. The normalized spacial score (nSPS) is 17.4. The number of nitrogens with one attached hydrogen (secondary N) is 2. The molecule has 2 aromatic carbocycles. The highest BCUT2D eigenvalue weighted by molar-refractivity contribution is 5.98. The first-order chi connectivity index (χ1) is 17.0. The summed E-state index contributed by atoms with van der Waals surface area (Å²) in [6.45, 7) is 6.13. The van der Waals surface area contributed by atoms with Crippen LogP contribution in [0, 0.1) is 5.41 Å². The molecular formula is C27H29N5O3. The molecule has 1 amide bonds. The Hall–Kier alpha value is -3.78. The minimum atomic E-state index is 0.0556. The van der Waals surface area contributed by atoms with E-state index in [1.807, 2.05) is 35.2 Å². The maximum Gasteiger partial charge on any atom is 0.223 e. The first-order valence-electron chi connectivity index (χ1n) is 11.9. The monoisotopic (exact) mass is 471 g/mol. The van der Waals surface area contributed by atoms with Crippen LogP contribution in [0.5, 0.6) is 5.75 Å². The van der Waals surface area contributed by atoms with Gasteiger partial charge in [-0.3, -0.25) is 4.79 Å². The van der Waals surface area contributed by atoms with Crippen LogP contribution in [0.4, 0.5) is 34.3 Å². The van der Waals surface area contributed by atoms with Gasteiger partial charge in [0.15, 0.2) is 0 Å². The predicted molar refractivity (Wildman–Crippen MR) is 137 cm³/mol. The third kappa shape index (κ3) is 3.93. The van der Waals surface area contributed by atoms with E-state index in [4.69, 9.17) is 9.47 Å². The number of aromatic nitrogens is 1. The largest absolute Gasteiger partial charge is 0.494 e. The molecule has 0 saturated carbocycles. The summed E-state index contributed by atoms with van der Waals surface area (Å²) >= 11 is 0. The number of anilines is 6. The lowest BCUT2D eigenvalue weighted by molar-refractivity contribution is -0.127. The molecule has 8 heteroatoms. The molecule has 3 aliphatic rings. The molecule has 3 aliphatic heterocycles. The summed E-state index contributed by atoms with van der Waals surface area (Å²) in [4.78, 5) is 20.8. The van der Waals surface area contributed by atoms with Gasteiger partial charge in [-0.05, 0) is 36.2 Å². The summed E-state index contributed by atoms with van der Waals surface area (Å²) < 4.78 is 11.1. The summed E-state index contributed by atoms with van der Waals surface area (Å²) in [7, 11) is 1.68. The molecule has 0 bridgehead atoms. The standard InChI is InChI=1S/C27H29N5O3/c1-18(33)32-11-9-19-4-3-5-23(26(19)32)29-20-8-10-28-25(12-20)30-22-7-6-21(13-24(22)34-2)31-14-27(15-31)16-35-17-27/h3-8,10,12-13H,9,11,14-17H2,1-2H3,(H2,28,29,30). The van der Waals surface area contributed by atoms with Crippen molar-refractivity contribution in [3.05, 3.63) is 60.3 Å². The van der Waals surface area contributed by atoms with E-state index in [9.17, 15) is 4.79 Å². The third-order valence-electron chi connectivity index (χ3n) is 7.10. The number of carbonyl (C=O) groups is 1. The second kappa shape index (κ2) is 8.46. The van der Waals surface area contributed by atoms with Gasteiger partial charge in [0.1, 0.15) is 11.6 Å². The minimum Gasteiger partial charge on any atom is -0.494 e. The molecule has 6 rings (SSSR count). The van der Waals surface area contributed by atoms with E-state index in [2.05, 4.69) is 38.7 Å². The van der Waals surface area contributed by atoms with Crippen LogP contribution >= 0.6 is 0 Å². The van der Waals surface area contributed by atoms with Gasteiger partial charge in [-0.25, -0.2) is 4.98 Å². The minimum absolute atomic E-state index is 0.0556. The molecule has 35 heavy (non-hydrogen) atoms. The van der Waals surface area contributed by atoms with Crippen molar-refractivity contribution in [1.29, 1.82) is 0 Å². The number of hydrogen-bond acceptors (Lipinski definition) is 7. The molecule has 180 valence electrons. The smallest absolute Gasteiger partial charge is 0.223 e. The van der Waals surface area contributed by atoms with Crippen molar-refractivity contribution in [2.45, 2.75) is 13.3 Å². The Morgan fingerprint density at radius 2 is 1.94 bits per heavy atom. The van der Waals surface area contributed by atoms with Crippen molar-refractivity contribution in [2.24, 2.45) is 5.41 Å². The summed E-state index contributed by atoms with van der Waals surface area (Å²) in [5, 5.41) is 6.87. The number of pyridine rings is 1. The molecule has 4 heterocycles. The number of carbonyl (C=O) groups excluding carboxylic acids is 1. The lowest BCUT2D eigenvalue weighted by Crippen LogP contribution is -2.66. The van der Waals surface area contributed by atoms with Gasteiger partial charge in [-0.2, -0.15) is 0 Å². The number of hydrogen-bond donors (Lipinski definition) is 2. The van der Waals surface area contributed by atoms with Gasteiger partial charge < -0.3 is 29.9 Å². The van der Waals surface area contributed by atoms with Crippen molar-refractivity contribution in [3.63, 3.8) is 0 Å². The molecular weight excluding hydrogens is 442 g/mol. The van der Waals surface area contributed by atoms with Gasteiger partial charge in [0, 0.05) is 56.3 Å². The maximum absolute atomic E-state index is 12.1. The van der Waals surface area contributed by atoms with Crippen LogP contribution in [0.1, 0.15) is 12.5 Å². The second-order valence-corrected chi connectivity index (χ2v) is 9.65. The molecule has 0 radical (unpaired) electrons.